The lowest BCUT2D eigenvalue weighted by Gasteiger charge is -2.31. The summed E-state index contributed by atoms with van der Waals surface area (Å²) in [6.07, 6.45) is -1.40. The molecule has 3 N–H and O–H groups in total. The Bertz CT molecular complexity index is 1390. The van der Waals surface area contributed by atoms with Crippen LogP contribution in [0, 0.1) is 11.8 Å². The van der Waals surface area contributed by atoms with Crippen LogP contribution < -0.4 is 10.6 Å². The molecule has 2 aromatic carbocycles. The Morgan fingerprint density at radius 2 is 1.91 bits per heavy atom. The maximum Gasteiger partial charge on any atom is 0.413 e. The number of anilines is 1. The van der Waals surface area contributed by atoms with E-state index in [0.717, 1.165) is 34.3 Å². The zero-order valence-electron chi connectivity index (χ0n) is 25.9. The first kappa shape index (κ1) is 34.9. The van der Waals surface area contributed by atoms with Gasteiger partial charge in [0.25, 0.3) is 0 Å². The topological polar surface area (TPSA) is 131 Å². The number of hydrogen-bond donors (Lipinski definition) is 3. The molecule has 0 aliphatic carbocycles. The second kappa shape index (κ2) is 16.6. The van der Waals surface area contributed by atoms with Crippen LogP contribution in [0.25, 0.3) is 10.2 Å². The third-order valence-corrected chi connectivity index (χ3v) is 8.66. The SMILES string of the molecule is CCOC(=O)Nc1nc2ccc(CN(CC(C)C)CC(O)C(Cc3ccccc3)NC(=O)OC3COC4OCCC34)cc2s1.S. The van der Waals surface area contributed by atoms with E-state index in [0.29, 0.717) is 43.8 Å². The molecule has 246 valence electrons. The molecule has 2 saturated heterocycles. The van der Waals surface area contributed by atoms with Crippen molar-refractivity contribution in [3.63, 3.8) is 0 Å². The van der Waals surface area contributed by atoms with E-state index in [1.165, 1.54) is 11.3 Å². The average Bonchev–Trinajstić information content (AvgIpc) is 3.70. The summed E-state index contributed by atoms with van der Waals surface area (Å²) in [7, 11) is 0. The van der Waals surface area contributed by atoms with Crippen LogP contribution in [0.4, 0.5) is 14.7 Å². The Balaban J connectivity index is 0.00000461. The Morgan fingerprint density at radius 1 is 1.11 bits per heavy atom. The predicted molar refractivity (Wildman–Crippen MR) is 178 cm³/mol. The van der Waals surface area contributed by atoms with Crippen LogP contribution in [0.15, 0.2) is 48.5 Å². The van der Waals surface area contributed by atoms with Crippen LogP contribution in [0.1, 0.15) is 38.3 Å². The minimum atomic E-state index is -0.864. The van der Waals surface area contributed by atoms with Crippen molar-refractivity contribution >= 4 is 52.4 Å². The van der Waals surface area contributed by atoms with Gasteiger partial charge in [-0.25, -0.2) is 14.6 Å². The highest BCUT2D eigenvalue weighted by Crippen LogP contribution is 2.33. The fourth-order valence-electron chi connectivity index (χ4n) is 5.77. The first-order valence-electron chi connectivity index (χ1n) is 15.2. The van der Waals surface area contributed by atoms with Gasteiger partial charge in [-0.3, -0.25) is 10.2 Å². The first-order valence-corrected chi connectivity index (χ1v) is 16.1. The molecular weight excluding hydrogens is 617 g/mol. The van der Waals surface area contributed by atoms with Crippen LogP contribution in [0.2, 0.25) is 0 Å². The first-order chi connectivity index (χ1) is 21.3. The van der Waals surface area contributed by atoms with Crippen molar-refractivity contribution in [2.45, 2.75) is 64.7 Å². The minimum Gasteiger partial charge on any atom is -0.450 e. The third-order valence-electron chi connectivity index (χ3n) is 7.72. The maximum atomic E-state index is 13.1. The molecule has 11 nitrogen and oxygen atoms in total. The van der Waals surface area contributed by atoms with Crippen LogP contribution in [0.3, 0.4) is 0 Å². The minimum absolute atomic E-state index is 0. The summed E-state index contributed by atoms with van der Waals surface area (Å²) >= 11 is 1.38. The Labute approximate surface area is 275 Å². The zero-order chi connectivity index (χ0) is 31.1. The van der Waals surface area contributed by atoms with Gasteiger partial charge in [-0.1, -0.05) is 61.6 Å². The van der Waals surface area contributed by atoms with Gasteiger partial charge in [0.15, 0.2) is 11.4 Å². The number of amides is 2. The molecule has 0 saturated carbocycles. The van der Waals surface area contributed by atoms with Crippen molar-refractivity contribution in [3.8, 4) is 0 Å². The predicted octanol–water partition coefficient (Wildman–Crippen LogP) is 4.90. The largest absolute Gasteiger partial charge is 0.450 e. The second-order valence-electron chi connectivity index (χ2n) is 11.7. The van der Waals surface area contributed by atoms with Crippen molar-refractivity contribution < 1.29 is 33.6 Å². The van der Waals surface area contributed by atoms with Gasteiger partial charge in [0.2, 0.25) is 0 Å². The number of nitrogens with one attached hydrogen (secondary N) is 2. The molecule has 13 heteroatoms. The number of hydrogen-bond acceptors (Lipinski definition) is 10. The van der Waals surface area contributed by atoms with E-state index >= 15 is 0 Å². The normalized spacial score (nSPS) is 20.4. The number of aliphatic hydroxyl groups is 1. The lowest BCUT2D eigenvalue weighted by molar-refractivity contribution is -0.0907. The zero-order valence-corrected chi connectivity index (χ0v) is 27.8. The fraction of sp³-hybridized carbons (Fsp3) is 0.531. The van der Waals surface area contributed by atoms with E-state index in [4.69, 9.17) is 18.9 Å². The number of carbonyl (C=O) groups is 2. The summed E-state index contributed by atoms with van der Waals surface area (Å²) in [6, 6.07) is 15.2. The number of carbonyl (C=O) groups excluding carboxylic acids is 2. The van der Waals surface area contributed by atoms with E-state index in [9.17, 15) is 14.7 Å². The molecule has 0 bridgehead atoms. The number of nitrogens with zero attached hydrogens (tertiary/aromatic N) is 2. The quantitative estimate of drug-likeness (QED) is 0.234. The van der Waals surface area contributed by atoms with E-state index in [-0.39, 0.29) is 38.4 Å². The number of fused-ring (bicyclic) bond motifs is 2. The highest BCUT2D eigenvalue weighted by atomic mass is 32.1. The van der Waals surface area contributed by atoms with Crippen molar-refractivity contribution in [1.82, 2.24) is 15.2 Å². The van der Waals surface area contributed by atoms with E-state index in [2.05, 4.69) is 40.4 Å². The molecule has 45 heavy (non-hydrogen) atoms. The smallest absolute Gasteiger partial charge is 0.413 e. The summed E-state index contributed by atoms with van der Waals surface area (Å²) in [5, 5.41) is 17.7. The summed E-state index contributed by atoms with van der Waals surface area (Å²) in [5.41, 5.74) is 2.84. The molecule has 2 amide bonds. The van der Waals surface area contributed by atoms with Crippen molar-refractivity contribution in [2.75, 3.05) is 38.2 Å². The monoisotopic (exact) mass is 660 g/mol. The van der Waals surface area contributed by atoms with Gasteiger partial charge in [-0.05, 0) is 48.9 Å². The number of aliphatic hydroxyl groups excluding tert-OH is 1. The van der Waals surface area contributed by atoms with Crippen molar-refractivity contribution in [3.05, 3.63) is 59.7 Å². The average molecular weight is 661 g/mol. The molecule has 2 fully saturated rings. The van der Waals surface area contributed by atoms with Crippen LogP contribution in [-0.2, 0) is 31.9 Å². The number of thiazole rings is 1. The molecule has 3 aromatic rings. The highest BCUT2D eigenvalue weighted by Gasteiger charge is 2.44. The molecular formula is C32H44N4O7S2. The molecule has 5 unspecified atom stereocenters. The number of aromatic nitrogens is 1. The summed E-state index contributed by atoms with van der Waals surface area (Å²) < 4.78 is 22.9. The molecule has 1 aromatic heterocycles. The molecule has 2 aliphatic rings. The molecule has 2 aliphatic heterocycles. The number of benzene rings is 2. The van der Waals surface area contributed by atoms with Gasteiger partial charge >= 0.3 is 12.2 Å². The molecule has 0 spiro atoms. The number of ether oxygens (including phenoxy) is 4. The number of alkyl carbamates (subject to hydrolysis) is 1. The van der Waals surface area contributed by atoms with E-state index < -0.39 is 24.3 Å². The highest BCUT2D eigenvalue weighted by molar-refractivity contribution is 7.59. The summed E-state index contributed by atoms with van der Waals surface area (Å²) in [6.45, 7) is 8.90. The third kappa shape index (κ3) is 9.77. The molecule has 0 radical (unpaired) electrons. The summed E-state index contributed by atoms with van der Waals surface area (Å²) in [4.78, 5) is 31.6. The molecule has 5 rings (SSSR count). The van der Waals surface area contributed by atoms with Gasteiger partial charge in [0, 0.05) is 19.6 Å². The number of rotatable bonds is 13. The Morgan fingerprint density at radius 3 is 2.67 bits per heavy atom. The Hall–Kier alpha value is -2.94. The molecule has 5 atom stereocenters. The Kier molecular flexibility index (Phi) is 12.9. The van der Waals surface area contributed by atoms with Gasteiger partial charge in [-0.15, -0.1) is 0 Å². The second-order valence-corrected chi connectivity index (χ2v) is 12.8. The van der Waals surface area contributed by atoms with Crippen LogP contribution in [0.5, 0.6) is 0 Å². The van der Waals surface area contributed by atoms with Gasteiger partial charge < -0.3 is 29.4 Å². The fourth-order valence-corrected chi connectivity index (χ4v) is 6.68. The molecule has 3 heterocycles. The lowest BCUT2D eigenvalue weighted by atomic mass is 10.00. The van der Waals surface area contributed by atoms with E-state index in [1.807, 2.05) is 42.5 Å². The van der Waals surface area contributed by atoms with Gasteiger partial charge in [-0.2, -0.15) is 13.5 Å². The van der Waals surface area contributed by atoms with Crippen molar-refractivity contribution in [2.24, 2.45) is 11.8 Å². The van der Waals surface area contributed by atoms with Crippen LogP contribution >= 0.6 is 24.8 Å². The van der Waals surface area contributed by atoms with Crippen molar-refractivity contribution in [1.29, 1.82) is 0 Å². The van der Waals surface area contributed by atoms with Crippen LogP contribution in [-0.4, -0.2) is 84.6 Å². The van der Waals surface area contributed by atoms with Gasteiger partial charge in [0.05, 0.1) is 48.1 Å². The standard InChI is InChI=1S/C32H42N4O7S.H2S/c1-4-40-31(38)35-30-33-24-11-10-22(15-28(24)44-30)17-36(16-20(2)3)18-26(37)25(14-21-8-6-5-7-9-21)34-32(39)43-27-19-42-29-23(27)12-13-41-29;/h5-11,15,20,23,25-27,29,37H,4,12-14,16-19H2,1-3H3,(H,34,39)(H,33,35,38);1H2. The van der Waals surface area contributed by atoms with E-state index in [1.54, 1.807) is 6.92 Å². The maximum absolute atomic E-state index is 13.1. The lowest BCUT2D eigenvalue weighted by Crippen LogP contribution is -2.50. The van der Waals surface area contributed by atoms with Gasteiger partial charge in [0.1, 0.15) is 6.10 Å². The summed E-state index contributed by atoms with van der Waals surface area (Å²) in [5.74, 6) is 0.386.